The van der Waals surface area contributed by atoms with E-state index in [1.165, 1.54) is 6.20 Å². The van der Waals surface area contributed by atoms with Gasteiger partial charge in [-0.05, 0) is 49.7 Å². The zero-order valence-electron chi connectivity index (χ0n) is 18.5. The maximum Gasteiger partial charge on any atom is 0.291 e. The van der Waals surface area contributed by atoms with Crippen LogP contribution in [0.15, 0.2) is 40.9 Å². The van der Waals surface area contributed by atoms with Gasteiger partial charge in [0.15, 0.2) is 5.76 Å². The number of amides is 2. The van der Waals surface area contributed by atoms with Crippen LogP contribution in [0.25, 0.3) is 0 Å². The summed E-state index contributed by atoms with van der Waals surface area (Å²) in [6.45, 7) is 6.40. The quantitative estimate of drug-likeness (QED) is 0.562. The molecule has 1 saturated heterocycles. The Kier molecular flexibility index (Phi) is 7.00. The maximum atomic E-state index is 13.1. The minimum atomic E-state index is -0.476. The number of carbonyl (C=O) groups is 2. The predicted molar refractivity (Wildman–Crippen MR) is 122 cm³/mol. The van der Waals surface area contributed by atoms with Gasteiger partial charge in [-0.1, -0.05) is 11.6 Å². The largest absolute Gasteiger partial charge is 0.485 e. The Bertz CT molecular complexity index is 1150. The van der Waals surface area contributed by atoms with Gasteiger partial charge in [0.2, 0.25) is 0 Å². The van der Waals surface area contributed by atoms with Crippen LogP contribution in [-0.4, -0.2) is 52.8 Å². The van der Waals surface area contributed by atoms with Gasteiger partial charge in [0.1, 0.15) is 23.8 Å². The molecular formula is C23H25ClN4O5. The number of halogens is 1. The standard InChI is InChI=1S/C23H25ClN4O5/c1-3-28-21(23(30)27-8-10-31-11-9-27)18(13-25-28)26-22(29)20-7-5-17(33-20)14-32-19-6-4-16(24)12-15(19)2/h4-7,12-13H,3,8-11,14H2,1-2H3,(H,26,29). The predicted octanol–water partition coefficient (Wildman–Crippen LogP) is 3.76. The number of hydrogen-bond acceptors (Lipinski definition) is 6. The first kappa shape index (κ1) is 22.9. The number of rotatable bonds is 7. The Morgan fingerprint density at radius 1 is 1.21 bits per heavy atom. The molecule has 9 nitrogen and oxygen atoms in total. The second-order valence-electron chi connectivity index (χ2n) is 7.55. The van der Waals surface area contributed by atoms with E-state index in [1.807, 2.05) is 19.9 Å². The number of furan rings is 1. The molecule has 1 N–H and O–H groups in total. The molecule has 174 valence electrons. The molecule has 0 bridgehead atoms. The number of morpholine rings is 1. The van der Waals surface area contributed by atoms with Crippen molar-refractivity contribution >= 4 is 29.1 Å². The van der Waals surface area contributed by atoms with Crippen LogP contribution in [0, 0.1) is 6.92 Å². The molecule has 0 radical (unpaired) electrons. The lowest BCUT2D eigenvalue weighted by molar-refractivity contribution is 0.0295. The summed E-state index contributed by atoms with van der Waals surface area (Å²) in [7, 11) is 0. The average molecular weight is 473 g/mol. The summed E-state index contributed by atoms with van der Waals surface area (Å²) in [5.41, 5.74) is 1.57. The zero-order valence-corrected chi connectivity index (χ0v) is 19.2. The van der Waals surface area contributed by atoms with Crippen molar-refractivity contribution in [3.8, 4) is 5.75 Å². The van der Waals surface area contributed by atoms with Crippen LogP contribution < -0.4 is 10.1 Å². The van der Waals surface area contributed by atoms with E-state index in [1.54, 1.807) is 33.8 Å². The van der Waals surface area contributed by atoms with Crippen LogP contribution in [0.2, 0.25) is 5.02 Å². The highest BCUT2D eigenvalue weighted by Gasteiger charge is 2.26. The molecule has 2 aromatic heterocycles. The monoisotopic (exact) mass is 472 g/mol. The molecule has 3 heterocycles. The number of aromatic nitrogens is 2. The number of benzene rings is 1. The minimum absolute atomic E-state index is 0.107. The van der Waals surface area contributed by atoms with E-state index in [0.717, 1.165) is 5.56 Å². The number of anilines is 1. The summed E-state index contributed by atoms with van der Waals surface area (Å²) in [6, 6.07) is 8.58. The summed E-state index contributed by atoms with van der Waals surface area (Å²) >= 11 is 5.97. The Labute approximate surface area is 196 Å². The topological polar surface area (TPSA) is 98.8 Å². The lowest BCUT2D eigenvalue weighted by atomic mass is 10.2. The van der Waals surface area contributed by atoms with Gasteiger partial charge in [0.25, 0.3) is 11.8 Å². The third kappa shape index (κ3) is 5.20. The summed E-state index contributed by atoms with van der Waals surface area (Å²) in [4.78, 5) is 27.6. The molecule has 33 heavy (non-hydrogen) atoms. The van der Waals surface area contributed by atoms with E-state index < -0.39 is 5.91 Å². The lowest BCUT2D eigenvalue weighted by Crippen LogP contribution is -2.41. The second kappa shape index (κ2) is 10.1. The van der Waals surface area contributed by atoms with Crippen molar-refractivity contribution in [2.75, 3.05) is 31.6 Å². The number of carbonyl (C=O) groups excluding carboxylic acids is 2. The minimum Gasteiger partial charge on any atom is -0.485 e. The molecule has 0 spiro atoms. The van der Waals surface area contributed by atoms with Crippen molar-refractivity contribution in [2.24, 2.45) is 0 Å². The molecule has 1 aliphatic heterocycles. The molecule has 0 unspecified atom stereocenters. The number of nitrogens with zero attached hydrogens (tertiary/aromatic N) is 3. The fraction of sp³-hybridized carbons (Fsp3) is 0.348. The second-order valence-corrected chi connectivity index (χ2v) is 7.98. The van der Waals surface area contributed by atoms with Crippen molar-refractivity contribution in [3.63, 3.8) is 0 Å². The third-order valence-corrected chi connectivity index (χ3v) is 5.52. The number of nitrogens with one attached hydrogen (secondary N) is 1. The van der Waals surface area contributed by atoms with Crippen LogP contribution in [0.1, 0.15) is 39.3 Å². The molecule has 1 fully saturated rings. The fourth-order valence-corrected chi connectivity index (χ4v) is 3.77. The molecule has 10 heteroatoms. The van der Waals surface area contributed by atoms with E-state index in [-0.39, 0.29) is 18.3 Å². The first-order chi connectivity index (χ1) is 16.0. The van der Waals surface area contributed by atoms with Gasteiger partial charge in [-0.25, -0.2) is 0 Å². The number of ether oxygens (including phenoxy) is 2. The highest BCUT2D eigenvalue weighted by molar-refractivity contribution is 6.30. The number of aryl methyl sites for hydroxylation is 2. The molecule has 4 rings (SSSR count). The van der Waals surface area contributed by atoms with Crippen molar-refractivity contribution < 1.29 is 23.5 Å². The molecule has 0 aliphatic carbocycles. The van der Waals surface area contributed by atoms with Gasteiger partial charge in [0, 0.05) is 24.7 Å². The average Bonchev–Trinajstić information content (AvgIpc) is 3.45. The highest BCUT2D eigenvalue weighted by atomic mass is 35.5. The van der Waals surface area contributed by atoms with Crippen LogP contribution in [-0.2, 0) is 17.9 Å². The molecular weight excluding hydrogens is 448 g/mol. The molecule has 3 aromatic rings. The summed E-state index contributed by atoms with van der Waals surface area (Å²) in [5, 5.41) is 7.63. The van der Waals surface area contributed by atoms with Gasteiger partial charge >= 0.3 is 0 Å². The van der Waals surface area contributed by atoms with E-state index in [9.17, 15) is 9.59 Å². The number of hydrogen-bond donors (Lipinski definition) is 1. The van der Waals surface area contributed by atoms with Gasteiger partial charge < -0.3 is 24.1 Å². The first-order valence-corrected chi connectivity index (χ1v) is 11.1. The molecule has 1 aromatic carbocycles. The van der Waals surface area contributed by atoms with Crippen LogP contribution in [0.3, 0.4) is 0 Å². The van der Waals surface area contributed by atoms with Gasteiger partial charge in [-0.2, -0.15) is 5.10 Å². The van der Waals surface area contributed by atoms with Crippen molar-refractivity contribution in [1.82, 2.24) is 14.7 Å². The Morgan fingerprint density at radius 3 is 2.73 bits per heavy atom. The molecule has 1 aliphatic rings. The summed E-state index contributed by atoms with van der Waals surface area (Å²) in [5.74, 6) is 0.606. The maximum absolute atomic E-state index is 13.1. The van der Waals surface area contributed by atoms with Crippen molar-refractivity contribution in [2.45, 2.75) is 27.0 Å². The third-order valence-electron chi connectivity index (χ3n) is 5.28. The summed E-state index contributed by atoms with van der Waals surface area (Å²) < 4.78 is 18.3. The Morgan fingerprint density at radius 2 is 2.00 bits per heavy atom. The van der Waals surface area contributed by atoms with Crippen molar-refractivity contribution in [1.29, 1.82) is 0 Å². The Balaban J connectivity index is 1.44. The SMILES string of the molecule is CCn1ncc(NC(=O)c2ccc(COc3ccc(Cl)cc3C)o2)c1C(=O)N1CCOCC1. The van der Waals surface area contributed by atoms with E-state index >= 15 is 0 Å². The van der Waals surface area contributed by atoms with E-state index in [2.05, 4.69) is 10.4 Å². The van der Waals surface area contributed by atoms with Crippen LogP contribution in [0.5, 0.6) is 5.75 Å². The van der Waals surface area contributed by atoms with Crippen molar-refractivity contribution in [3.05, 3.63) is 64.3 Å². The smallest absolute Gasteiger partial charge is 0.291 e. The van der Waals surface area contributed by atoms with Gasteiger partial charge in [-0.3, -0.25) is 14.3 Å². The molecule has 0 saturated carbocycles. The highest BCUT2D eigenvalue weighted by Crippen LogP contribution is 2.24. The lowest BCUT2D eigenvalue weighted by Gasteiger charge is -2.27. The normalized spacial score (nSPS) is 13.7. The fourth-order valence-electron chi connectivity index (χ4n) is 3.54. The van der Waals surface area contributed by atoms with Gasteiger partial charge in [0.05, 0.1) is 25.1 Å². The van der Waals surface area contributed by atoms with E-state index in [0.29, 0.717) is 60.8 Å². The molecule has 0 atom stereocenters. The zero-order chi connectivity index (χ0) is 23.4. The summed E-state index contributed by atoms with van der Waals surface area (Å²) in [6.07, 6.45) is 1.48. The first-order valence-electron chi connectivity index (χ1n) is 10.7. The van der Waals surface area contributed by atoms with Crippen LogP contribution in [0.4, 0.5) is 5.69 Å². The van der Waals surface area contributed by atoms with Gasteiger partial charge in [-0.15, -0.1) is 0 Å². The van der Waals surface area contributed by atoms with Crippen LogP contribution >= 0.6 is 11.6 Å². The molecule has 2 amide bonds. The van der Waals surface area contributed by atoms with E-state index in [4.69, 9.17) is 25.5 Å². The Hall–Kier alpha value is -3.30.